The Morgan fingerprint density at radius 2 is 2.00 bits per heavy atom. The summed E-state index contributed by atoms with van der Waals surface area (Å²) in [7, 11) is 0. The van der Waals surface area contributed by atoms with E-state index >= 15 is 0 Å². The monoisotopic (exact) mass is 292 g/mol. The van der Waals surface area contributed by atoms with Gasteiger partial charge in [-0.25, -0.2) is 4.39 Å². The second kappa shape index (κ2) is 5.88. The van der Waals surface area contributed by atoms with Gasteiger partial charge in [0.1, 0.15) is 5.82 Å². The van der Waals surface area contributed by atoms with Gasteiger partial charge in [-0.2, -0.15) is 0 Å². The summed E-state index contributed by atoms with van der Waals surface area (Å²) >= 11 is 6.12. The van der Waals surface area contributed by atoms with Crippen molar-refractivity contribution in [3.8, 4) is 0 Å². The van der Waals surface area contributed by atoms with Crippen LogP contribution in [0.3, 0.4) is 0 Å². The van der Waals surface area contributed by atoms with Crippen molar-refractivity contribution in [2.75, 3.05) is 11.5 Å². The number of nitrogen functional groups attached to an aromatic ring is 2. The predicted octanol–water partition coefficient (Wildman–Crippen LogP) is 2.82. The third-order valence-electron chi connectivity index (χ3n) is 2.98. The molecular formula is C14H14ClFN4. The minimum atomic E-state index is -0.426. The van der Waals surface area contributed by atoms with Gasteiger partial charge in [0.25, 0.3) is 0 Å². The average Bonchev–Trinajstić information content (AvgIpc) is 2.41. The molecule has 0 saturated heterocycles. The normalized spacial score (nSPS) is 10.5. The molecule has 0 atom stereocenters. The number of benzene rings is 1. The van der Waals surface area contributed by atoms with Crippen molar-refractivity contribution in [1.82, 2.24) is 4.98 Å². The van der Waals surface area contributed by atoms with Crippen LogP contribution in [-0.4, -0.2) is 11.2 Å². The number of aryl methyl sites for hydroxylation is 2. The minimum absolute atomic E-state index is 0.295. The van der Waals surface area contributed by atoms with Gasteiger partial charge in [-0.1, -0.05) is 11.6 Å². The predicted molar refractivity (Wildman–Crippen MR) is 79.8 cm³/mol. The summed E-state index contributed by atoms with van der Waals surface area (Å²) in [5.74, 6) is -0.426. The summed E-state index contributed by atoms with van der Waals surface area (Å²) in [5.41, 5.74) is 13.7. The lowest BCUT2D eigenvalue weighted by atomic mass is 10.0. The van der Waals surface area contributed by atoms with Gasteiger partial charge in [0, 0.05) is 28.6 Å². The Morgan fingerprint density at radius 3 is 2.65 bits per heavy atom. The van der Waals surface area contributed by atoms with Crippen molar-refractivity contribution in [3.05, 3.63) is 52.1 Å². The van der Waals surface area contributed by atoms with Crippen LogP contribution in [-0.2, 0) is 12.8 Å². The van der Waals surface area contributed by atoms with Crippen molar-refractivity contribution >= 4 is 29.2 Å². The highest BCUT2D eigenvalue weighted by atomic mass is 35.5. The van der Waals surface area contributed by atoms with E-state index in [2.05, 4.69) is 4.98 Å². The molecule has 20 heavy (non-hydrogen) atoms. The van der Waals surface area contributed by atoms with E-state index in [1.54, 1.807) is 12.1 Å². The first kappa shape index (κ1) is 14.3. The zero-order chi connectivity index (χ0) is 14.7. The van der Waals surface area contributed by atoms with Crippen LogP contribution in [0.1, 0.15) is 16.8 Å². The number of aromatic nitrogens is 1. The van der Waals surface area contributed by atoms with Crippen LogP contribution in [0.2, 0.25) is 5.02 Å². The quantitative estimate of drug-likeness (QED) is 0.598. The molecule has 0 unspecified atom stereocenters. The number of anilines is 2. The number of nitrogens with two attached hydrogens (primary N) is 2. The lowest BCUT2D eigenvalue weighted by Crippen LogP contribution is -2.02. The van der Waals surface area contributed by atoms with Crippen molar-refractivity contribution in [3.63, 3.8) is 0 Å². The largest absolute Gasteiger partial charge is 0.398 e. The van der Waals surface area contributed by atoms with Gasteiger partial charge in [0.2, 0.25) is 0 Å². The maximum Gasteiger partial charge on any atom is 0.146 e. The van der Waals surface area contributed by atoms with E-state index in [1.165, 1.54) is 12.3 Å². The third kappa shape index (κ3) is 3.05. The fraction of sp³-hybridized carbons (Fsp3) is 0.143. The second-order valence-electron chi connectivity index (χ2n) is 4.41. The number of nitrogens with one attached hydrogen (secondary N) is 1. The molecule has 0 amide bonds. The molecule has 0 aliphatic rings. The molecule has 2 aromatic rings. The van der Waals surface area contributed by atoms with E-state index in [9.17, 15) is 4.39 Å². The lowest BCUT2D eigenvalue weighted by molar-refractivity contribution is 0.598. The molecule has 2 rings (SSSR count). The van der Waals surface area contributed by atoms with Gasteiger partial charge in [-0.05, 0) is 30.5 Å². The van der Waals surface area contributed by atoms with Gasteiger partial charge in [-0.15, -0.1) is 0 Å². The number of pyridine rings is 1. The SMILES string of the molecule is N=Cc1cc(Cl)c(CCc2ncc(N)cc2F)cc1N. The fourth-order valence-electron chi connectivity index (χ4n) is 1.89. The molecule has 1 heterocycles. The van der Waals surface area contributed by atoms with Crippen LogP contribution in [0.4, 0.5) is 15.8 Å². The third-order valence-corrected chi connectivity index (χ3v) is 3.33. The molecule has 0 spiro atoms. The van der Waals surface area contributed by atoms with Crippen molar-refractivity contribution in [2.24, 2.45) is 0 Å². The first-order valence-electron chi connectivity index (χ1n) is 5.99. The van der Waals surface area contributed by atoms with Crippen LogP contribution in [0.5, 0.6) is 0 Å². The molecule has 0 bridgehead atoms. The highest BCUT2D eigenvalue weighted by Crippen LogP contribution is 2.24. The molecule has 4 nitrogen and oxygen atoms in total. The van der Waals surface area contributed by atoms with E-state index in [0.717, 1.165) is 11.8 Å². The van der Waals surface area contributed by atoms with Crippen LogP contribution in [0, 0.1) is 11.2 Å². The number of hydrogen-bond acceptors (Lipinski definition) is 4. The summed E-state index contributed by atoms with van der Waals surface area (Å²) < 4.78 is 13.6. The smallest absolute Gasteiger partial charge is 0.146 e. The van der Waals surface area contributed by atoms with E-state index in [4.69, 9.17) is 28.5 Å². The molecule has 0 radical (unpaired) electrons. The molecule has 1 aromatic heterocycles. The van der Waals surface area contributed by atoms with Crippen LogP contribution in [0.25, 0.3) is 0 Å². The molecule has 0 fully saturated rings. The van der Waals surface area contributed by atoms with Crippen LogP contribution < -0.4 is 11.5 Å². The first-order valence-corrected chi connectivity index (χ1v) is 6.37. The Morgan fingerprint density at radius 1 is 1.25 bits per heavy atom. The zero-order valence-electron chi connectivity index (χ0n) is 10.7. The average molecular weight is 293 g/mol. The number of hydrogen-bond donors (Lipinski definition) is 3. The fourth-order valence-corrected chi connectivity index (χ4v) is 2.15. The maximum atomic E-state index is 13.6. The number of halogens is 2. The zero-order valence-corrected chi connectivity index (χ0v) is 11.4. The number of nitrogens with zero attached hydrogens (tertiary/aromatic N) is 1. The molecule has 0 aliphatic carbocycles. The minimum Gasteiger partial charge on any atom is -0.398 e. The first-order chi connectivity index (χ1) is 9.51. The second-order valence-corrected chi connectivity index (χ2v) is 4.82. The Labute approximate surface area is 121 Å². The molecular weight excluding hydrogens is 279 g/mol. The van der Waals surface area contributed by atoms with Crippen molar-refractivity contribution in [2.45, 2.75) is 12.8 Å². The van der Waals surface area contributed by atoms with Gasteiger partial charge in [0.15, 0.2) is 0 Å². The molecule has 0 aliphatic heterocycles. The molecule has 0 saturated carbocycles. The highest BCUT2D eigenvalue weighted by Gasteiger charge is 2.09. The van der Waals surface area contributed by atoms with Gasteiger partial charge in [-0.3, -0.25) is 4.98 Å². The summed E-state index contributed by atoms with van der Waals surface area (Å²) in [6, 6.07) is 4.58. The van der Waals surface area contributed by atoms with E-state index in [1.807, 2.05) is 0 Å². The Kier molecular flexibility index (Phi) is 4.20. The van der Waals surface area contributed by atoms with Gasteiger partial charge < -0.3 is 16.9 Å². The van der Waals surface area contributed by atoms with E-state index in [0.29, 0.717) is 40.5 Å². The highest BCUT2D eigenvalue weighted by molar-refractivity contribution is 6.31. The van der Waals surface area contributed by atoms with Gasteiger partial charge >= 0.3 is 0 Å². The summed E-state index contributed by atoms with van der Waals surface area (Å²) in [5, 5.41) is 7.71. The van der Waals surface area contributed by atoms with Crippen molar-refractivity contribution in [1.29, 1.82) is 5.41 Å². The Bertz CT molecular complexity index is 658. The summed E-state index contributed by atoms with van der Waals surface area (Å²) in [4.78, 5) is 3.97. The topological polar surface area (TPSA) is 88.8 Å². The van der Waals surface area contributed by atoms with E-state index in [-0.39, 0.29) is 0 Å². The molecule has 104 valence electrons. The Balaban J connectivity index is 2.18. The summed E-state index contributed by atoms with van der Waals surface area (Å²) in [6.45, 7) is 0. The van der Waals surface area contributed by atoms with Crippen molar-refractivity contribution < 1.29 is 4.39 Å². The van der Waals surface area contributed by atoms with Gasteiger partial charge in [0.05, 0.1) is 17.6 Å². The molecule has 5 N–H and O–H groups in total. The van der Waals surface area contributed by atoms with Crippen LogP contribution in [0.15, 0.2) is 24.4 Å². The lowest BCUT2D eigenvalue weighted by Gasteiger charge is -2.08. The van der Waals surface area contributed by atoms with Crippen LogP contribution >= 0.6 is 11.6 Å². The standard InChI is InChI=1S/C14H14ClFN4/c15-11-3-9(6-17)13(19)4-8(11)1-2-14-12(16)5-10(18)7-20-14/h3-7,17H,1-2,18-19H2. The maximum absolute atomic E-state index is 13.6. The molecule has 6 heteroatoms. The summed E-state index contributed by atoms with van der Waals surface area (Å²) in [6.07, 6.45) is 3.48. The Hall–Kier alpha value is -2.14. The number of rotatable bonds is 4. The van der Waals surface area contributed by atoms with E-state index < -0.39 is 5.82 Å². The molecule has 1 aromatic carbocycles.